The number of benzene rings is 3. The highest BCUT2D eigenvalue weighted by molar-refractivity contribution is 6.30. The molecule has 3 aromatic carbocycles. The number of nitrogens with two attached hydrogens (primary N) is 1. The first kappa shape index (κ1) is 12.7. The number of fused-ring (bicyclic) bond motifs is 1. The van der Waals surface area contributed by atoms with E-state index in [4.69, 9.17) is 17.3 Å². The van der Waals surface area contributed by atoms with Crippen molar-refractivity contribution in [2.75, 3.05) is 5.73 Å². The van der Waals surface area contributed by atoms with E-state index >= 15 is 0 Å². The second-order valence-corrected chi connectivity index (χ2v) is 5.06. The fourth-order valence-electron chi connectivity index (χ4n) is 2.21. The second-order valence-electron chi connectivity index (χ2n) is 4.62. The normalized spacial score (nSPS) is 10.7. The van der Waals surface area contributed by atoms with Gasteiger partial charge in [0.05, 0.1) is 0 Å². The first-order valence-corrected chi connectivity index (χ1v) is 6.61. The maximum atomic E-state index is 12.5. The Bertz CT molecular complexity index is 794. The van der Waals surface area contributed by atoms with E-state index in [0.29, 0.717) is 21.8 Å². The van der Waals surface area contributed by atoms with Crippen molar-refractivity contribution < 1.29 is 4.79 Å². The second kappa shape index (κ2) is 4.99. The molecule has 0 unspecified atom stereocenters. The van der Waals surface area contributed by atoms with E-state index in [1.807, 2.05) is 36.4 Å². The standard InChI is InChI=1S/C17H12ClNO/c18-14-7-5-11(6-8-14)17(20)15-9-12-3-1-2-4-13(12)10-16(15)19/h1-10H,19H2. The number of nitrogen functional groups attached to an aromatic ring is 1. The van der Waals surface area contributed by atoms with Crippen molar-refractivity contribution in [3.8, 4) is 0 Å². The highest BCUT2D eigenvalue weighted by Crippen LogP contribution is 2.24. The van der Waals surface area contributed by atoms with Crippen LogP contribution in [0.1, 0.15) is 15.9 Å². The number of anilines is 1. The zero-order chi connectivity index (χ0) is 14.1. The minimum Gasteiger partial charge on any atom is -0.398 e. The number of rotatable bonds is 2. The van der Waals surface area contributed by atoms with E-state index in [1.165, 1.54) is 0 Å². The summed E-state index contributed by atoms with van der Waals surface area (Å²) in [4.78, 5) is 12.5. The smallest absolute Gasteiger partial charge is 0.195 e. The Kier molecular flexibility index (Phi) is 3.17. The molecule has 0 spiro atoms. The van der Waals surface area contributed by atoms with Gasteiger partial charge in [0.2, 0.25) is 0 Å². The lowest BCUT2D eigenvalue weighted by Gasteiger charge is -2.07. The van der Waals surface area contributed by atoms with Gasteiger partial charge in [-0.3, -0.25) is 4.79 Å². The van der Waals surface area contributed by atoms with Gasteiger partial charge < -0.3 is 5.73 Å². The molecule has 0 amide bonds. The largest absolute Gasteiger partial charge is 0.398 e. The predicted molar refractivity (Wildman–Crippen MR) is 83.2 cm³/mol. The van der Waals surface area contributed by atoms with Crippen LogP contribution in [0.15, 0.2) is 60.7 Å². The van der Waals surface area contributed by atoms with E-state index in [9.17, 15) is 4.79 Å². The van der Waals surface area contributed by atoms with Gasteiger partial charge in [0, 0.05) is 21.8 Å². The summed E-state index contributed by atoms with van der Waals surface area (Å²) in [6.45, 7) is 0. The third-order valence-electron chi connectivity index (χ3n) is 3.27. The minimum absolute atomic E-state index is 0.0927. The van der Waals surface area contributed by atoms with E-state index in [-0.39, 0.29) is 5.78 Å². The summed E-state index contributed by atoms with van der Waals surface area (Å²) in [6, 6.07) is 18.3. The molecule has 0 atom stereocenters. The zero-order valence-electron chi connectivity index (χ0n) is 10.6. The Labute approximate surface area is 121 Å². The number of halogens is 1. The van der Waals surface area contributed by atoms with Gasteiger partial charge in [-0.1, -0.05) is 35.9 Å². The van der Waals surface area contributed by atoms with Crippen LogP contribution in [0.2, 0.25) is 5.02 Å². The molecular weight excluding hydrogens is 270 g/mol. The van der Waals surface area contributed by atoms with Crippen molar-refractivity contribution in [1.29, 1.82) is 0 Å². The molecule has 0 aliphatic rings. The SMILES string of the molecule is Nc1cc2ccccc2cc1C(=O)c1ccc(Cl)cc1. The highest BCUT2D eigenvalue weighted by atomic mass is 35.5. The van der Waals surface area contributed by atoms with Gasteiger partial charge in [-0.05, 0) is 47.2 Å². The molecule has 0 saturated heterocycles. The van der Waals surface area contributed by atoms with E-state index in [1.54, 1.807) is 24.3 Å². The molecular formula is C17H12ClNO. The molecule has 2 nitrogen and oxygen atoms in total. The molecule has 0 aliphatic carbocycles. The first-order chi connectivity index (χ1) is 9.65. The van der Waals surface area contributed by atoms with Crippen molar-refractivity contribution in [3.05, 3.63) is 76.8 Å². The Morgan fingerprint density at radius 1 is 0.900 bits per heavy atom. The maximum absolute atomic E-state index is 12.5. The van der Waals surface area contributed by atoms with Crippen LogP contribution in [0.4, 0.5) is 5.69 Å². The summed E-state index contributed by atoms with van der Waals surface area (Å²) in [7, 11) is 0. The zero-order valence-corrected chi connectivity index (χ0v) is 11.4. The molecule has 0 radical (unpaired) electrons. The summed E-state index contributed by atoms with van der Waals surface area (Å²) in [5.74, 6) is -0.0927. The topological polar surface area (TPSA) is 43.1 Å². The van der Waals surface area contributed by atoms with Crippen molar-refractivity contribution in [2.45, 2.75) is 0 Å². The van der Waals surface area contributed by atoms with E-state index in [0.717, 1.165) is 10.8 Å². The quantitative estimate of drug-likeness (QED) is 0.562. The molecule has 0 aromatic heterocycles. The summed E-state index contributed by atoms with van der Waals surface area (Å²) in [6.07, 6.45) is 0. The lowest BCUT2D eigenvalue weighted by molar-refractivity contribution is 0.103. The molecule has 0 bridgehead atoms. The van der Waals surface area contributed by atoms with Gasteiger partial charge in [-0.25, -0.2) is 0 Å². The monoisotopic (exact) mass is 281 g/mol. The molecule has 0 aliphatic heterocycles. The summed E-state index contributed by atoms with van der Waals surface area (Å²) in [5, 5.41) is 2.63. The Hall–Kier alpha value is -2.32. The number of ketones is 1. The average molecular weight is 282 g/mol. The molecule has 3 aromatic rings. The van der Waals surface area contributed by atoms with Crippen LogP contribution in [-0.2, 0) is 0 Å². The van der Waals surface area contributed by atoms with Crippen LogP contribution in [0, 0.1) is 0 Å². The van der Waals surface area contributed by atoms with Gasteiger partial charge in [-0.2, -0.15) is 0 Å². The average Bonchev–Trinajstić information content (AvgIpc) is 2.46. The highest BCUT2D eigenvalue weighted by Gasteiger charge is 2.13. The van der Waals surface area contributed by atoms with E-state index < -0.39 is 0 Å². The minimum atomic E-state index is -0.0927. The number of hydrogen-bond donors (Lipinski definition) is 1. The van der Waals surface area contributed by atoms with Crippen molar-refractivity contribution >= 4 is 33.8 Å². The lowest BCUT2D eigenvalue weighted by Crippen LogP contribution is -2.05. The van der Waals surface area contributed by atoms with E-state index in [2.05, 4.69) is 0 Å². The third-order valence-corrected chi connectivity index (χ3v) is 3.52. The lowest BCUT2D eigenvalue weighted by atomic mass is 9.98. The van der Waals surface area contributed by atoms with Crippen molar-refractivity contribution in [3.63, 3.8) is 0 Å². The van der Waals surface area contributed by atoms with Gasteiger partial charge in [0.15, 0.2) is 5.78 Å². The van der Waals surface area contributed by atoms with Gasteiger partial charge in [0.1, 0.15) is 0 Å². The summed E-state index contributed by atoms with van der Waals surface area (Å²) < 4.78 is 0. The predicted octanol–water partition coefficient (Wildman–Crippen LogP) is 4.31. The molecule has 3 heteroatoms. The molecule has 98 valence electrons. The molecule has 0 saturated carbocycles. The summed E-state index contributed by atoms with van der Waals surface area (Å²) in [5.41, 5.74) is 7.60. The number of carbonyl (C=O) groups is 1. The fraction of sp³-hybridized carbons (Fsp3) is 0. The van der Waals surface area contributed by atoms with Crippen LogP contribution < -0.4 is 5.73 Å². The summed E-state index contributed by atoms with van der Waals surface area (Å²) >= 11 is 5.84. The van der Waals surface area contributed by atoms with Crippen LogP contribution >= 0.6 is 11.6 Å². The van der Waals surface area contributed by atoms with Gasteiger partial charge in [-0.15, -0.1) is 0 Å². The van der Waals surface area contributed by atoms with Crippen LogP contribution in [0.3, 0.4) is 0 Å². The molecule has 3 rings (SSSR count). The Morgan fingerprint density at radius 2 is 1.50 bits per heavy atom. The van der Waals surface area contributed by atoms with Crippen molar-refractivity contribution in [1.82, 2.24) is 0 Å². The maximum Gasteiger partial charge on any atom is 0.195 e. The van der Waals surface area contributed by atoms with Crippen LogP contribution in [0.25, 0.3) is 10.8 Å². The molecule has 0 fully saturated rings. The number of hydrogen-bond acceptors (Lipinski definition) is 2. The fourth-order valence-corrected chi connectivity index (χ4v) is 2.34. The Balaban J connectivity index is 2.11. The Morgan fingerprint density at radius 3 is 2.15 bits per heavy atom. The first-order valence-electron chi connectivity index (χ1n) is 6.24. The van der Waals surface area contributed by atoms with Crippen LogP contribution in [-0.4, -0.2) is 5.78 Å². The third kappa shape index (κ3) is 2.26. The molecule has 2 N–H and O–H groups in total. The van der Waals surface area contributed by atoms with Gasteiger partial charge in [0.25, 0.3) is 0 Å². The van der Waals surface area contributed by atoms with Crippen molar-refractivity contribution in [2.24, 2.45) is 0 Å². The number of carbonyl (C=O) groups excluding carboxylic acids is 1. The van der Waals surface area contributed by atoms with Gasteiger partial charge >= 0.3 is 0 Å². The van der Waals surface area contributed by atoms with Crippen LogP contribution in [0.5, 0.6) is 0 Å². The molecule has 0 heterocycles. The molecule has 20 heavy (non-hydrogen) atoms.